The van der Waals surface area contributed by atoms with Crippen molar-refractivity contribution in [3.63, 3.8) is 0 Å². The number of halogens is 1. The molecule has 29 heavy (non-hydrogen) atoms. The first-order valence-electron chi connectivity index (χ1n) is 10.3. The maximum Gasteiger partial charge on any atom is 0.338 e. The van der Waals surface area contributed by atoms with E-state index in [1.165, 1.54) is 30.2 Å². The van der Waals surface area contributed by atoms with Gasteiger partial charge in [0.2, 0.25) is 0 Å². The van der Waals surface area contributed by atoms with Crippen molar-refractivity contribution in [2.75, 3.05) is 27.2 Å². The van der Waals surface area contributed by atoms with Crippen molar-refractivity contribution in [2.24, 2.45) is 0 Å². The van der Waals surface area contributed by atoms with Gasteiger partial charge in [-0.1, -0.05) is 37.5 Å². The Labute approximate surface area is 171 Å². The summed E-state index contributed by atoms with van der Waals surface area (Å²) >= 11 is 0. The molecule has 0 bridgehead atoms. The van der Waals surface area contributed by atoms with Crippen molar-refractivity contribution in [1.29, 1.82) is 0 Å². The van der Waals surface area contributed by atoms with Crippen LogP contribution in [0.15, 0.2) is 35.5 Å². The molecule has 1 saturated carbocycles. The molecule has 1 fully saturated rings. The summed E-state index contributed by atoms with van der Waals surface area (Å²) in [6.45, 7) is 2.36. The molecule has 7 heteroatoms. The Morgan fingerprint density at radius 3 is 2.62 bits per heavy atom. The van der Waals surface area contributed by atoms with Gasteiger partial charge in [0.05, 0.1) is 18.2 Å². The van der Waals surface area contributed by atoms with Gasteiger partial charge in [-0.2, -0.15) is 0 Å². The van der Waals surface area contributed by atoms with E-state index >= 15 is 0 Å². The first-order chi connectivity index (χ1) is 13.9. The van der Waals surface area contributed by atoms with E-state index in [0.29, 0.717) is 23.9 Å². The number of nitrogens with one attached hydrogen (secondary N) is 1. The lowest BCUT2D eigenvalue weighted by atomic mass is 9.92. The Kier molecular flexibility index (Phi) is 6.90. The minimum atomic E-state index is -0.881. The van der Waals surface area contributed by atoms with E-state index in [1.54, 1.807) is 32.2 Å². The lowest BCUT2D eigenvalue weighted by Gasteiger charge is -2.38. The molecule has 1 aromatic rings. The molecular formula is C22H30FN3O3. The molecular weight excluding hydrogens is 373 g/mol. The zero-order valence-electron chi connectivity index (χ0n) is 17.4. The van der Waals surface area contributed by atoms with Crippen LogP contribution < -0.4 is 5.32 Å². The highest BCUT2D eigenvalue weighted by Gasteiger charge is 2.38. The molecule has 1 unspecified atom stereocenters. The molecule has 0 aromatic heterocycles. The Hall–Kier alpha value is -2.41. The highest BCUT2D eigenvalue weighted by Crippen LogP contribution is 2.33. The molecule has 0 radical (unpaired) electrons. The lowest BCUT2D eigenvalue weighted by molar-refractivity contribution is -0.139. The molecule has 1 N–H and O–H groups in total. The van der Waals surface area contributed by atoms with Crippen LogP contribution in [0.25, 0.3) is 0 Å². The number of ether oxygens (including phenoxy) is 1. The fourth-order valence-corrected chi connectivity index (χ4v) is 4.23. The van der Waals surface area contributed by atoms with E-state index < -0.39 is 17.8 Å². The van der Waals surface area contributed by atoms with Crippen molar-refractivity contribution in [3.8, 4) is 0 Å². The van der Waals surface area contributed by atoms with Crippen LogP contribution >= 0.6 is 0 Å². The summed E-state index contributed by atoms with van der Waals surface area (Å²) in [6, 6.07) is 5.36. The van der Waals surface area contributed by atoms with Gasteiger partial charge in [-0.15, -0.1) is 0 Å². The molecule has 3 rings (SSSR count). The molecule has 1 heterocycles. The average molecular weight is 403 g/mol. The van der Waals surface area contributed by atoms with Crippen molar-refractivity contribution in [2.45, 2.75) is 51.1 Å². The Balaban J connectivity index is 2.03. The molecule has 1 aliphatic carbocycles. The van der Waals surface area contributed by atoms with Crippen molar-refractivity contribution < 1.29 is 18.7 Å². The number of carbonyl (C=O) groups excluding carboxylic acids is 2. The number of hydrogen-bond acceptors (Lipinski definition) is 4. The van der Waals surface area contributed by atoms with Gasteiger partial charge in [-0.05, 0) is 32.9 Å². The quantitative estimate of drug-likeness (QED) is 0.737. The van der Waals surface area contributed by atoms with Crippen LogP contribution in [-0.2, 0) is 9.53 Å². The zero-order chi connectivity index (χ0) is 21.0. The number of esters is 1. The SMILES string of the molecule is CCOC(=O)C1=C(CN(C)C2CCCCC2)N(C)C(=O)NC1c1ccccc1F. The summed E-state index contributed by atoms with van der Waals surface area (Å²) in [5.41, 5.74) is 1.12. The summed E-state index contributed by atoms with van der Waals surface area (Å²) in [5.74, 6) is -0.996. The van der Waals surface area contributed by atoms with E-state index in [4.69, 9.17) is 4.74 Å². The molecule has 1 aliphatic heterocycles. The Morgan fingerprint density at radius 2 is 1.97 bits per heavy atom. The predicted octanol–water partition coefficient (Wildman–Crippen LogP) is 3.60. The number of hydrogen-bond donors (Lipinski definition) is 1. The van der Waals surface area contributed by atoms with E-state index in [1.807, 2.05) is 7.05 Å². The zero-order valence-corrected chi connectivity index (χ0v) is 17.4. The predicted molar refractivity (Wildman–Crippen MR) is 109 cm³/mol. The molecule has 0 spiro atoms. The second-order valence-electron chi connectivity index (χ2n) is 7.75. The topological polar surface area (TPSA) is 61.9 Å². The lowest BCUT2D eigenvalue weighted by Crippen LogP contribution is -2.50. The summed E-state index contributed by atoms with van der Waals surface area (Å²) in [5, 5.41) is 2.77. The van der Waals surface area contributed by atoms with Gasteiger partial charge in [-0.25, -0.2) is 14.0 Å². The number of urea groups is 1. The number of nitrogens with zero attached hydrogens (tertiary/aromatic N) is 2. The van der Waals surface area contributed by atoms with Crippen LogP contribution in [-0.4, -0.2) is 55.1 Å². The first kappa shape index (κ1) is 21.3. The highest BCUT2D eigenvalue weighted by molar-refractivity contribution is 5.95. The van der Waals surface area contributed by atoms with Crippen molar-refractivity contribution in [3.05, 3.63) is 46.9 Å². The molecule has 2 amide bonds. The van der Waals surface area contributed by atoms with Gasteiger partial charge >= 0.3 is 12.0 Å². The van der Waals surface area contributed by atoms with E-state index in [2.05, 4.69) is 10.2 Å². The van der Waals surface area contributed by atoms with Crippen molar-refractivity contribution in [1.82, 2.24) is 15.1 Å². The molecule has 158 valence electrons. The standard InChI is InChI=1S/C22H30FN3O3/c1-4-29-21(27)19-18(14-25(2)15-10-6-5-7-11-15)26(3)22(28)24-20(19)16-12-8-9-13-17(16)23/h8-9,12-13,15,20H,4-7,10-11,14H2,1-3H3,(H,24,28). The normalized spacial score (nSPS) is 20.8. The van der Waals surface area contributed by atoms with E-state index in [0.717, 1.165) is 12.8 Å². The Bertz CT molecular complexity index is 789. The van der Waals surface area contributed by atoms with Crippen LogP contribution in [0.2, 0.25) is 0 Å². The van der Waals surface area contributed by atoms with Gasteiger partial charge < -0.3 is 10.1 Å². The third-order valence-electron chi connectivity index (χ3n) is 5.89. The van der Waals surface area contributed by atoms with Crippen LogP contribution in [0.4, 0.5) is 9.18 Å². The third kappa shape index (κ3) is 4.61. The largest absolute Gasteiger partial charge is 0.463 e. The summed E-state index contributed by atoms with van der Waals surface area (Å²) in [6.07, 6.45) is 5.83. The summed E-state index contributed by atoms with van der Waals surface area (Å²) in [4.78, 5) is 29.2. The minimum absolute atomic E-state index is 0.204. The van der Waals surface area contributed by atoms with Crippen LogP contribution in [0.1, 0.15) is 50.6 Å². The van der Waals surface area contributed by atoms with E-state index in [-0.39, 0.29) is 18.2 Å². The minimum Gasteiger partial charge on any atom is -0.463 e. The van der Waals surface area contributed by atoms with Gasteiger partial charge in [0.15, 0.2) is 0 Å². The molecule has 1 aromatic carbocycles. The Morgan fingerprint density at radius 1 is 1.28 bits per heavy atom. The fourth-order valence-electron chi connectivity index (χ4n) is 4.23. The smallest absolute Gasteiger partial charge is 0.338 e. The van der Waals surface area contributed by atoms with Gasteiger partial charge in [0, 0.05) is 30.9 Å². The number of likely N-dealkylation sites (N-methyl/N-ethyl adjacent to an activating group) is 2. The van der Waals surface area contributed by atoms with Crippen LogP contribution in [0, 0.1) is 5.82 Å². The van der Waals surface area contributed by atoms with Gasteiger partial charge in [-0.3, -0.25) is 9.80 Å². The van der Waals surface area contributed by atoms with Crippen LogP contribution in [0.3, 0.4) is 0 Å². The van der Waals surface area contributed by atoms with Crippen molar-refractivity contribution >= 4 is 12.0 Å². The molecule has 0 saturated heterocycles. The second-order valence-corrected chi connectivity index (χ2v) is 7.75. The first-order valence-corrected chi connectivity index (χ1v) is 10.3. The summed E-state index contributed by atoms with van der Waals surface area (Å²) < 4.78 is 19.8. The van der Waals surface area contributed by atoms with E-state index in [9.17, 15) is 14.0 Å². The molecule has 6 nitrogen and oxygen atoms in total. The number of amides is 2. The summed E-state index contributed by atoms with van der Waals surface area (Å²) in [7, 11) is 3.65. The van der Waals surface area contributed by atoms with Gasteiger partial charge in [0.1, 0.15) is 5.82 Å². The molecule has 2 aliphatic rings. The van der Waals surface area contributed by atoms with Crippen LogP contribution in [0.5, 0.6) is 0 Å². The van der Waals surface area contributed by atoms with Gasteiger partial charge in [0.25, 0.3) is 0 Å². The maximum atomic E-state index is 14.6. The fraction of sp³-hybridized carbons (Fsp3) is 0.545. The number of rotatable bonds is 6. The number of carbonyl (C=O) groups is 2. The average Bonchev–Trinajstić information content (AvgIpc) is 2.72. The third-order valence-corrected chi connectivity index (χ3v) is 5.89. The highest BCUT2D eigenvalue weighted by atomic mass is 19.1. The maximum absolute atomic E-state index is 14.6. The number of benzene rings is 1. The molecule has 1 atom stereocenters. The monoisotopic (exact) mass is 403 g/mol. The second kappa shape index (κ2) is 9.39.